The van der Waals surface area contributed by atoms with Crippen LogP contribution in [0.1, 0.15) is 23.6 Å². The standard InChI is InChI=1S/C20H23ClN2O3/c1-13-7-5-6-8-16(13)11-23(15(3)24)12-20(25)22-18-9-14(2)17(21)10-19(18)26-4/h5-10H,11-12H2,1-4H3,(H,22,25). The van der Waals surface area contributed by atoms with Crippen LogP contribution in [-0.2, 0) is 16.1 Å². The van der Waals surface area contributed by atoms with E-state index in [1.165, 1.54) is 18.9 Å². The number of amides is 2. The largest absolute Gasteiger partial charge is 0.495 e. The van der Waals surface area contributed by atoms with Gasteiger partial charge in [-0.25, -0.2) is 0 Å². The number of aryl methyl sites for hydroxylation is 2. The monoisotopic (exact) mass is 374 g/mol. The molecule has 0 spiro atoms. The Bertz CT molecular complexity index is 821. The number of rotatable bonds is 6. The van der Waals surface area contributed by atoms with Gasteiger partial charge < -0.3 is 15.0 Å². The highest BCUT2D eigenvalue weighted by Gasteiger charge is 2.17. The number of halogens is 1. The minimum Gasteiger partial charge on any atom is -0.495 e. The summed E-state index contributed by atoms with van der Waals surface area (Å²) in [7, 11) is 1.51. The molecule has 0 aliphatic carbocycles. The fourth-order valence-corrected chi connectivity index (χ4v) is 2.72. The van der Waals surface area contributed by atoms with Gasteiger partial charge in [0.2, 0.25) is 11.8 Å². The molecule has 2 aromatic rings. The SMILES string of the molecule is COc1cc(Cl)c(C)cc1NC(=O)CN(Cc1ccccc1C)C(C)=O. The topological polar surface area (TPSA) is 58.6 Å². The molecular weight excluding hydrogens is 352 g/mol. The molecule has 0 heterocycles. The van der Waals surface area contributed by atoms with Crippen molar-refractivity contribution in [1.82, 2.24) is 4.90 Å². The van der Waals surface area contributed by atoms with Crippen LogP contribution < -0.4 is 10.1 Å². The summed E-state index contributed by atoms with van der Waals surface area (Å²) < 4.78 is 5.27. The molecule has 6 heteroatoms. The number of nitrogens with one attached hydrogen (secondary N) is 1. The van der Waals surface area contributed by atoms with E-state index in [2.05, 4.69) is 5.32 Å². The highest BCUT2D eigenvalue weighted by molar-refractivity contribution is 6.31. The Hall–Kier alpha value is -2.53. The summed E-state index contributed by atoms with van der Waals surface area (Å²) in [6, 6.07) is 11.2. The number of benzene rings is 2. The molecule has 0 aliphatic heterocycles. The van der Waals surface area contributed by atoms with Gasteiger partial charge in [-0.15, -0.1) is 0 Å². The predicted octanol–water partition coefficient (Wildman–Crippen LogP) is 3.95. The number of anilines is 1. The van der Waals surface area contributed by atoms with E-state index in [9.17, 15) is 9.59 Å². The first-order chi connectivity index (χ1) is 12.3. The molecule has 5 nitrogen and oxygen atoms in total. The second-order valence-corrected chi connectivity index (χ2v) is 6.56. The predicted molar refractivity (Wildman–Crippen MR) is 104 cm³/mol. The number of carbonyl (C=O) groups is 2. The maximum Gasteiger partial charge on any atom is 0.244 e. The Morgan fingerprint density at radius 2 is 1.85 bits per heavy atom. The van der Waals surface area contributed by atoms with Crippen LogP contribution in [0.3, 0.4) is 0 Å². The number of carbonyl (C=O) groups excluding carboxylic acids is 2. The minimum absolute atomic E-state index is 0.0471. The van der Waals surface area contributed by atoms with Crippen molar-refractivity contribution in [2.75, 3.05) is 19.0 Å². The van der Waals surface area contributed by atoms with Gasteiger partial charge >= 0.3 is 0 Å². The van der Waals surface area contributed by atoms with Gasteiger partial charge in [0.1, 0.15) is 12.3 Å². The normalized spacial score (nSPS) is 10.3. The zero-order chi connectivity index (χ0) is 19.3. The lowest BCUT2D eigenvalue weighted by atomic mass is 10.1. The molecule has 2 amide bonds. The lowest BCUT2D eigenvalue weighted by Gasteiger charge is -2.22. The van der Waals surface area contributed by atoms with Gasteiger partial charge in [-0.1, -0.05) is 35.9 Å². The lowest BCUT2D eigenvalue weighted by molar-refractivity contribution is -0.133. The van der Waals surface area contributed by atoms with Crippen molar-refractivity contribution in [3.05, 3.63) is 58.1 Å². The zero-order valence-corrected chi connectivity index (χ0v) is 16.2. The maximum absolute atomic E-state index is 12.5. The maximum atomic E-state index is 12.5. The van der Waals surface area contributed by atoms with Gasteiger partial charge in [0.05, 0.1) is 12.8 Å². The third kappa shape index (κ3) is 4.99. The second kappa shape index (κ2) is 8.72. The van der Waals surface area contributed by atoms with Gasteiger partial charge in [0, 0.05) is 24.6 Å². The van der Waals surface area contributed by atoms with E-state index in [4.69, 9.17) is 16.3 Å². The Labute approximate surface area is 158 Å². The van der Waals surface area contributed by atoms with Crippen LogP contribution in [0.15, 0.2) is 36.4 Å². The van der Waals surface area contributed by atoms with Crippen LogP contribution in [0.5, 0.6) is 5.75 Å². The van der Waals surface area contributed by atoms with Crippen molar-refractivity contribution in [3.63, 3.8) is 0 Å². The highest BCUT2D eigenvalue weighted by Crippen LogP contribution is 2.30. The molecule has 0 saturated heterocycles. The van der Waals surface area contributed by atoms with Gasteiger partial charge in [-0.05, 0) is 36.6 Å². The first-order valence-electron chi connectivity index (χ1n) is 8.25. The zero-order valence-electron chi connectivity index (χ0n) is 15.4. The molecule has 0 atom stereocenters. The molecule has 1 N–H and O–H groups in total. The van der Waals surface area contributed by atoms with E-state index in [0.717, 1.165) is 16.7 Å². The third-order valence-electron chi connectivity index (χ3n) is 4.16. The van der Waals surface area contributed by atoms with Gasteiger partial charge in [-0.2, -0.15) is 0 Å². The minimum atomic E-state index is -0.297. The van der Waals surface area contributed by atoms with Gasteiger partial charge in [0.25, 0.3) is 0 Å². The number of nitrogens with zero attached hydrogens (tertiary/aromatic N) is 1. The average molecular weight is 375 g/mol. The van der Waals surface area contributed by atoms with Crippen LogP contribution in [0, 0.1) is 13.8 Å². The van der Waals surface area contributed by atoms with E-state index in [1.807, 2.05) is 38.1 Å². The van der Waals surface area contributed by atoms with Crippen LogP contribution in [0.2, 0.25) is 5.02 Å². The van der Waals surface area contributed by atoms with Crippen LogP contribution >= 0.6 is 11.6 Å². The van der Waals surface area contributed by atoms with E-state index in [0.29, 0.717) is 23.0 Å². The molecule has 26 heavy (non-hydrogen) atoms. The van der Waals surface area contributed by atoms with Crippen molar-refractivity contribution in [3.8, 4) is 5.75 Å². The van der Waals surface area contributed by atoms with E-state index in [1.54, 1.807) is 12.1 Å². The van der Waals surface area contributed by atoms with Crippen LogP contribution in [0.25, 0.3) is 0 Å². The summed E-state index contributed by atoms with van der Waals surface area (Å²) in [5, 5.41) is 3.36. The number of hydrogen-bond acceptors (Lipinski definition) is 3. The van der Waals surface area contributed by atoms with Crippen LogP contribution in [-0.4, -0.2) is 30.4 Å². The molecule has 0 aromatic heterocycles. The molecule has 0 aliphatic rings. The Kier molecular flexibility index (Phi) is 6.64. The van der Waals surface area contributed by atoms with Crippen LogP contribution in [0.4, 0.5) is 5.69 Å². The van der Waals surface area contributed by atoms with Crippen molar-refractivity contribution >= 4 is 29.1 Å². The van der Waals surface area contributed by atoms with Crippen molar-refractivity contribution in [2.24, 2.45) is 0 Å². The molecule has 138 valence electrons. The summed E-state index contributed by atoms with van der Waals surface area (Å²) in [5.74, 6) is 0.0127. The molecule has 2 rings (SSSR count). The first-order valence-corrected chi connectivity index (χ1v) is 8.63. The second-order valence-electron chi connectivity index (χ2n) is 6.15. The van der Waals surface area contributed by atoms with Gasteiger partial charge in [0.15, 0.2) is 0 Å². The first kappa shape index (κ1) is 19.8. The molecule has 0 saturated carbocycles. The molecule has 0 fully saturated rings. The van der Waals surface area contributed by atoms with E-state index in [-0.39, 0.29) is 18.4 Å². The Morgan fingerprint density at radius 3 is 2.46 bits per heavy atom. The summed E-state index contributed by atoms with van der Waals surface area (Å²) in [5.41, 5.74) is 3.44. The average Bonchev–Trinajstić information content (AvgIpc) is 2.59. The summed E-state index contributed by atoms with van der Waals surface area (Å²) in [6.45, 7) is 5.62. The number of ether oxygens (including phenoxy) is 1. The van der Waals surface area contributed by atoms with Crippen molar-refractivity contribution in [1.29, 1.82) is 0 Å². The highest BCUT2D eigenvalue weighted by atomic mass is 35.5. The molecule has 0 radical (unpaired) electrons. The Balaban J connectivity index is 2.12. The van der Waals surface area contributed by atoms with E-state index < -0.39 is 0 Å². The summed E-state index contributed by atoms with van der Waals surface area (Å²) in [6.07, 6.45) is 0. The lowest BCUT2D eigenvalue weighted by Crippen LogP contribution is -2.36. The van der Waals surface area contributed by atoms with Crippen molar-refractivity contribution in [2.45, 2.75) is 27.3 Å². The fourth-order valence-electron chi connectivity index (χ4n) is 2.56. The van der Waals surface area contributed by atoms with Gasteiger partial charge in [-0.3, -0.25) is 9.59 Å². The number of hydrogen-bond donors (Lipinski definition) is 1. The number of methoxy groups -OCH3 is 1. The van der Waals surface area contributed by atoms with Crippen molar-refractivity contribution < 1.29 is 14.3 Å². The smallest absolute Gasteiger partial charge is 0.244 e. The Morgan fingerprint density at radius 1 is 1.15 bits per heavy atom. The summed E-state index contributed by atoms with van der Waals surface area (Å²) in [4.78, 5) is 26.0. The molecule has 2 aromatic carbocycles. The third-order valence-corrected chi connectivity index (χ3v) is 4.56. The molecular formula is C20H23ClN2O3. The molecule has 0 unspecified atom stereocenters. The quantitative estimate of drug-likeness (QED) is 0.832. The molecule has 0 bridgehead atoms. The summed E-state index contributed by atoms with van der Waals surface area (Å²) >= 11 is 6.09. The van der Waals surface area contributed by atoms with E-state index >= 15 is 0 Å². The fraction of sp³-hybridized carbons (Fsp3) is 0.300.